The summed E-state index contributed by atoms with van der Waals surface area (Å²) in [5, 5.41) is 13.3. The highest BCUT2D eigenvalue weighted by Gasteiger charge is 2.26. The van der Waals surface area contributed by atoms with Crippen LogP contribution in [0.15, 0.2) is 79.1 Å². The van der Waals surface area contributed by atoms with Crippen LogP contribution in [0.25, 0.3) is 22.2 Å². The molecule has 3 aromatic carbocycles. The summed E-state index contributed by atoms with van der Waals surface area (Å²) in [5.41, 5.74) is 5.54. The lowest BCUT2D eigenvalue weighted by Gasteiger charge is -2.33. The van der Waals surface area contributed by atoms with E-state index in [2.05, 4.69) is 44.3 Å². The van der Waals surface area contributed by atoms with Gasteiger partial charge in [-0.05, 0) is 99.7 Å². The number of aromatic nitrogens is 4. The zero-order valence-corrected chi connectivity index (χ0v) is 25.8. The summed E-state index contributed by atoms with van der Waals surface area (Å²) in [7, 11) is 1.72. The van der Waals surface area contributed by atoms with Crippen LogP contribution in [-0.4, -0.2) is 45.7 Å². The third-order valence-corrected chi connectivity index (χ3v) is 8.33. The molecule has 0 unspecified atom stereocenters. The number of halogens is 1. The highest BCUT2D eigenvalue weighted by atomic mass is 19.1. The molecule has 1 amide bonds. The number of methoxy groups -OCH3 is 1. The number of hydrogen-bond acceptors (Lipinski definition) is 5. The van der Waals surface area contributed by atoms with Crippen molar-refractivity contribution < 1.29 is 13.9 Å². The first-order chi connectivity index (χ1) is 21.2. The average Bonchev–Trinajstić information content (AvgIpc) is 3.64. The zero-order chi connectivity index (χ0) is 30.8. The lowest BCUT2D eigenvalue weighted by atomic mass is 9.96. The number of ether oxygens (including phenoxy) is 1. The Kier molecular flexibility index (Phi) is 8.23. The standard InChI is InChI=1S/C35H39FN6O2/c1-35(2,3)42-33(26-7-10-28(36)11-8-26)31(21-38-42)34(43)39-29-12-9-27-20-37-41(32(27)19-29)22-24-15-17-40(18-16-24)30-13-5-25(6-14-30)23-44-4/h5-14,19-21,24H,15-18,22-23H2,1-4H3,(H,39,43). The minimum Gasteiger partial charge on any atom is -0.380 e. The third-order valence-electron chi connectivity index (χ3n) is 8.33. The van der Waals surface area contributed by atoms with Crippen molar-refractivity contribution in [2.75, 3.05) is 30.4 Å². The number of nitrogens with one attached hydrogen (secondary N) is 1. The van der Waals surface area contributed by atoms with Crippen molar-refractivity contribution in [1.82, 2.24) is 19.6 Å². The predicted octanol–water partition coefficient (Wildman–Crippen LogP) is 7.11. The molecule has 0 atom stereocenters. The van der Waals surface area contributed by atoms with E-state index < -0.39 is 0 Å². The van der Waals surface area contributed by atoms with E-state index in [0.29, 0.717) is 29.5 Å². The van der Waals surface area contributed by atoms with E-state index in [9.17, 15) is 9.18 Å². The Balaban J connectivity index is 1.16. The second kappa shape index (κ2) is 12.2. The fourth-order valence-corrected chi connectivity index (χ4v) is 5.99. The van der Waals surface area contributed by atoms with Gasteiger partial charge in [-0.1, -0.05) is 12.1 Å². The Labute approximate surface area is 257 Å². The minimum atomic E-state index is -0.376. The van der Waals surface area contributed by atoms with Crippen LogP contribution in [0.5, 0.6) is 0 Å². The number of benzene rings is 3. The third kappa shape index (κ3) is 6.24. The summed E-state index contributed by atoms with van der Waals surface area (Å²) in [5.74, 6) is -0.0835. The molecule has 5 aromatic rings. The smallest absolute Gasteiger partial charge is 0.259 e. The molecule has 1 aliphatic heterocycles. The Morgan fingerprint density at radius 1 is 0.977 bits per heavy atom. The molecule has 6 rings (SSSR count). The first kappa shape index (κ1) is 29.6. The largest absolute Gasteiger partial charge is 0.380 e. The molecule has 8 nitrogen and oxygen atoms in total. The maximum Gasteiger partial charge on any atom is 0.259 e. The molecule has 44 heavy (non-hydrogen) atoms. The van der Waals surface area contributed by atoms with Crippen molar-refractivity contribution >= 4 is 28.2 Å². The Hall–Kier alpha value is -4.50. The summed E-state index contributed by atoms with van der Waals surface area (Å²) in [6, 6.07) is 20.7. The summed E-state index contributed by atoms with van der Waals surface area (Å²) in [6.45, 7) is 9.54. The van der Waals surface area contributed by atoms with Crippen molar-refractivity contribution in [1.29, 1.82) is 0 Å². The Morgan fingerprint density at radius 3 is 2.39 bits per heavy atom. The van der Waals surface area contributed by atoms with Gasteiger partial charge in [-0.15, -0.1) is 0 Å². The second-order valence-corrected chi connectivity index (χ2v) is 12.6. The lowest BCUT2D eigenvalue weighted by molar-refractivity contribution is 0.102. The van der Waals surface area contributed by atoms with Crippen LogP contribution in [-0.2, 0) is 23.4 Å². The van der Waals surface area contributed by atoms with Gasteiger partial charge in [0, 0.05) is 49.1 Å². The molecule has 0 saturated carbocycles. The monoisotopic (exact) mass is 594 g/mol. The van der Waals surface area contributed by atoms with E-state index in [1.807, 2.05) is 49.8 Å². The number of carbonyl (C=O) groups is 1. The number of hydrogen-bond donors (Lipinski definition) is 1. The van der Waals surface area contributed by atoms with Gasteiger partial charge >= 0.3 is 0 Å². The van der Waals surface area contributed by atoms with Crippen LogP contribution in [0.4, 0.5) is 15.8 Å². The van der Waals surface area contributed by atoms with Gasteiger partial charge in [-0.2, -0.15) is 10.2 Å². The SMILES string of the molecule is COCc1ccc(N2CCC(Cn3ncc4ccc(NC(=O)c5cnn(C(C)(C)C)c5-c5ccc(F)cc5)cc43)CC2)cc1. The van der Waals surface area contributed by atoms with Crippen molar-refractivity contribution in [3.05, 3.63) is 96.1 Å². The highest BCUT2D eigenvalue weighted by Crippen LogP contribution is 2.31. The van der Waals surface area contributed by atoms with Gasteiger partial charge < -0.3 is 15.0 Å². The number of piperidine rings is 1. The lowest BCUT2D eigenvalue weighted by Crippen LogP contribution is -2.35. The highest BCUT2D eigenvalue weighted by molar-refractivity contribution is 6.08. The summed E-state index contributed by atoms with van der Waals surface area (Å²) in [6.07, 6.45) is 5.64. The molecule has 9 heteroatoms. The van der Waals surface area contributed by atoms with E-state index in [0.717, 1.165) is 48.9 Å². The molecule has 0 aliphatic carbocycles. The Bertz CT molecular complexity index is 1740. The summed E-state index contributed by atoms with van der Waals surface area (Å²) >= 11 is 0. The number of nitrogens with zero attached hydrogens (tertiary/aromatic N) is 5. The van der Waals surface area contributed by atoms with Crippen LogP contribution < -0.4 is 10.2 Å². The predicted molar refractivity (Wildman–Crippen MR) is 172 cm³/mol. The topological polar surface area (TPSA) is 77.2 Å². The van der Waals surface area contributed by atoms with Gasteiger partial charge in [-0.3, -0.25) is 14.2 Å². The first-order valence-corrected chi connectivity index (χ1v) is 15.1. The number of amides is 1. The van der Waals surface area contributed by atoms with Crippen molar-refractivity contribution in [2.24, 2.45) is 5.92 Å². The van der Waals surface area contributed by atoms with Crippen LogP contribution in [0.1, 0.15) is 49.5 Å². The first-order valence-electron chi connectivity index (χ1n) is 15.1. The van der Waals surface area contributed by atoms with Crippen LogP contribution in [0, 0.1) is 11.7 Å². The Morgan fingerprint density at radius 2 is 1.70 bits per heavy atom. The van der Waals surface area contributed by atoms with E-state index in [-0.39, 0.29) is 17.3 Å². The van der Waals surface area contributed by atoms with Crippen molar-refractivity contribution in [3.8, 4) is 11.3 Å². The minimum absolute atomic E-state index is 0.270. The molecule has 228 valence electrons. The van der Waals surface area contributed by atoms with Gasteiger partial charge in [-0.25, -0.2) is 4.39 Å². The molecule has 1 saturated heterocycles. The van der Waals surface area contributed by atoms with E-state index >= 15 is 0 Å². The maximum atomic E-state index is 13.7. The normalized spacial score (nSPS) is 14.3. The van der Waals surface area contributed by atoms with Gasteiger partial charge in [0.05, 0.1) is 41.3 Å². The number of fused-ring (bicyclic) bond motifs is 1. The summed E-state index contributed by atoms with van der Waals surface area (Å²) < 4.78 is 22.8. The molecule has 3 heterocycles. The van der Waals surface area contributed by atoms with Gasteiger partial charge in [0.15, 0.2) is 0 Å². The fourth-order valence-electron chi connectivity index (χ4n) is 5.99. The molecule has 1 aliphatic rings. The van der Waals surface area contributed by atoms with Gasteiger partial charge in [0.25, 0.3) is 5.91 Å². The molecule has 0 radical (unpaired) electrons. The van der Waals surface area contributed by atoms with E-state index in [1.165, 1.54) is 23.4 Å². The summed E-state index contributed by atoms with van der Waals surface area (Å²) in [4.78, 5) is 16.1. The number of carbonyl (C=O) groups excluding carboxylic acids is 1. The molecule has 1 fully saturated rings. The molecule has 0 spiro atoms. The average molecular weight is 595 g/mol. The van der Waals surface area contributed by atoms with Crippen LogP contribution >= 0.6 is 0 Å². The molecular weight excluding hydrogens is 555 g/mol. The van der Waals surface area contributed by atoms with Gasteiger partial charge in [0.2, 0.25) is 0 Å². The van der Waals surface area contributed by atoms with Gasteiger partial charge in [0.1, 0.15) is 5.82 Å². The van der Waals surface area contributed by atoms with Crippen molar-refractivity contribution in [3.63, 3.8) is 0 Å². The number of rotatable bonds is 8. The molecule has 0 bridgehead atoms. The fraction of sp³-hybridized carbons (Fsp3) is 0.343. The second-order valence-electron chi connectivity index (χ2n) is 12.6. The van der Waals surface area contributed by atoms with E-state index in [1.54, 1.807) is 25.4 Å². The van der Waals surface area contributed by atoms with E-state index in [4.69, 9.17) is 9.84 Å². The van der Waals surface area contributed by atoms with Crippen LogP contribution in [0.3, 0.4) is 0 Å². The van der Waals surface area contributed by atoms with Crippen LogP contribution in [0.2, 0.25) is 0 Å². The van der Waals surface area contributed by atoms with Crippen molar-refractivity contribution in [2.45, 2.75) is 52.3 Å². The molecule has 2 aromatic heterocycles. The molecular formula is C35H39FN6O2. The number of anilines is 2. The maximum absolute atomic E-state index is 13.7. The quantitative estimate of drug-likeness (QED) is 0.207. The zero-order valence-electron chi connectivity index (χ0n) is 25.8. The molecule has 1 N–H and O–H groups in total.